The molecule has 1 spiro atoms. The third-order valence-electron chi connectivity index (χ3n) is 12.3. The molecule has 3 aliphatic heterocycles. The Bertz CT molecular complexity index is 2050. The maximum atomic E-state index is 14.6. The number of halogens is 1. The van der Waals surface area contributed by atoms with Crippen molar-refractivity contribution in [3.05, 3.63) is 66.8 Å². The highest BCUT2D eigenvalue weighted by Gasteiger charge is 2.61. The topological polar surface area (TPSA) is 205 Å². The van der Waals surface area contributed by atoms with E-state index in [0.717, 1.165) is 56.4 Å². The van der Waals surface area contributed by atoms with Crippen LogP contribution in [0.15, 0.2) is 60.1 Å². The van der Waals surface area contributed by atoms with Gasteiger partial charge in [-0.3, -0.25) is 19.4 Å². The van der Waals surface area contributed by atoms with Gasteiger partial charge in [0.1, 0.15) is 40.5 Å². The van der Waals surface area contributed by atoms with Gasteiger partial charge in [-0.05, 0) is 81.7 Å². The molecule has 0 radical (unpaired) electrons. The predicted octanol–water partition coefficient (Wildman–Crippen LogP) is 4.49. The number of hydrogen-bond donors (Lipinski definition) is 4. The van der Waals surface area contributed by atoms with Gasteiger partial charge in [-0.1, -0.05) is 37.8 Å². The Morgan fingerprint density at radius 2 is 1.72 bits per heavy atom. The number of amides is 5. The van der Waals surface area contributed by atoms with Gasteiger partial charge in [-0.25, -0.2) is 27.1 Å². The van der Waals surface area contributed by atoms with E-state index in [0.29, 0.717) is 45.3 Å². The van der Waals surface area contributed by atoms with Crippen molar-refractivity contribution in [3.8, 4) is 0 Å². The highest BCUT2D eigenvalue weighted by atomic mass is 32.2. The van der Waals surface area contributed by atoms with Crippen molar-refractivity contribution < 1.29 is 46.3 Å². The number of fused-ring (bicyclic) bond motifs is 2. The molecule has 1 unspecified atom stereocenters. The first-order valence-electron chi connectivity index (χ1n) is 21.1. The molecule has 0 bridgehead atoms. The number of alkyl carbamates (subject to hydrolysis) is 1. The fourth-order valence-corrected chi connectivity index (χ4v) is 10.1. The number of pyridine rings is 1. The summed E-state index contributed by atoms with van der Waals surface area (Å²) in [6.45, 7) is 4.75. The summed E-state index contributed by atoms with van der Waals surface area (Å²) in [6, 6.07) is 6.50. The van der Waals surface area contributed by atoms with E-state index in [1.807, 2.05) is 18.2 Å². The van der Waals surface area contributed by atoms with E-state index >= 15 is 0 Å². The van der Waals surface area contributed by atoms with Crippen molar-refractivity contribution in [2.75, 3.05) is 31.5 Å². The van der Waals surface area contributed by atoms with Crippen LogP contribution in [0.2, 0.25) is 0 Å². The molecule has 2 saturated heterocycles. The molecule has 2 saturated carbocycles. The molecule has 18 heteroatoms. The zero-order valence-corrected chi connectivity index (χ0v) is 34.4. The lowest BCUT2D eigenvalue weighted by Gasteiger charge is -2.30. The van der Waals surface area contributed by atoms with Crippen molar-refractivity contribution in [1.29, 1.82) is 0 Å². The molecule has 1 aromatic heterocycles. The van der Waals surface area contributed by atoms with Crippen molar-refractivity contribution in [3.63, 3.8) is 0 Å². The third-order valence-corrected chi connectivity index (χ3v) is 13.7. The van der Waals surface area contributed by atoms with E-state index in [2.05, 4.69) is 32.2 Å². The Hall–Kier alpha value is -5.26. The number of carbonyl (C=O) groups excluding carboxylic acids is 5. The Labute approximate surface area is 349 Å². The minimum Gasteiger partial charge on any atom is -0.446 e. The van der Waals surface area contributed by atoms with Gasteiger partial charge in [-0.15, -0.1) is 6.58 Å². The average molecular weight is 852 g/mol. The molecule has 16 nitrogen and oxygen atoms in total. The molecule has 1 aromatic carbocycles. The summed E-state index contributed by atoms with van der Waals surface area (Å²) in [5.74, 6) is -3.91. The van der Waals surface area contributed by atoms with Crippen LogP contribution in [0.4, 0.5) is 19.7 Å². The lowest BCUT2D eigenvalue weighted by molar-refractivity contribution is -0.141. The van der Waals surface area contributed by atoms with Gasteiger partial charge in [0.15, 0.2) is 0 Å². The zero-order chi connectivity index (χ0) is 42.4. The number of likely N-dealkylation sites (tertiary alicyclic amines) is 1. The Balaban J connectivity index is 1.15. The molecule has 2 aromatic rings. The number of benzene rings is 1. The van der Waals surface area contributed by atoms with Crippen LogP contribution in [0.25, 0.3) is 0 Å². The van der Waals surface area contributed by atoms with E-state index < -0.39 is 80.3 Å². The molecular weight excluding hydrogens is 798 g/mol. The number of sulfonamides is 1. The molecule has 5 aliphatic rings. The number of rotatable bonds is 5. The maximum Gasteiger partial charge on any atom is 0.410 e. The molecule has 6 atom stereocenters. The van der Waals surface area contributed by atoms with Crippen LogP contribution >= 0.6 is 0 Å². The minimum absolute atomic E-state index is 0.000514. The van der Waals surface area contributed by atoms with Crippen LogP contribution < -0.4 is 20.7 Å². The second-order valence-electron chi connectivity index (χ2n) is 16.5. The second kappa shape index (κ2) is 18.6. The summed E-state index contributed by atoms with van der Waals surface area (Å²) < 4.78 is 55.5. The third kappa shape index (κ3) is 9.85. The number of nitrogens with zero attached hydrogens (tertiary/aromatic N) is 3. The molecule has 2 aliphatic carbocycles. The van der Waals surface area contributed by atoms with Crippen molar-refractivity contribution in [1.82, 2.24) is 30.1 Å². The first-order valence-corrected chi connectivity index (χ1v) is 22.5. The van der Waals surface area contributed by atoms with Gasteiger partial charge in [-0.2, -0.15) is 0 Å². The summed E-state index contributed by atoms with van der Waals surface area (Å²) in [5.41, 5.74) is -0.798. The summed E-state index contributed by atoms with van der Waals surface area (Å²) in [6.07, 6.45) is 8.11. The molecule has 60 heavy (non-hydrogen) atoms. The van der Waals surface area contributed by atoms with Crippen LogP contribution in [0.5, 0.6) is 0 Å². The summed E-state index contributed by atoms with van der Waals surface area (Å²) >= 11 is 0. The molecule has 4 heterocycles. The Kier molecular flexibility index (Phi) is 13.3. The lowest BCUT2D eigenvalue weighted by Crippen LogP contribution is -2.58. The largest absolute Gasteiger partial charge is 0.446 e. The van der Waals surface area contributed by atoms with Gasteiger partial charge >= 0.3 is 12.2 Å². The van der Waals surface area contributed by atoms with Crippen LogP contribution in [-0.4, -0.2) is 109 Å². The summed E-state index contributed by atoms with van der Waals surface area (Å²) in [5, 5.41) is 8.53. The number of aromatic nitrogens is 1. The second-order valence-corrected chi connectivity index (χ2v) is 18.2. The highest BCUT2D eigenvalue weighted by Crippen LogP contribution is 2.45. The Morgan fingerprint density at radius 1 is 0.950 bits per heavy atom. The van der Waals surface area contributed by atoms with E-state index in [4.69, 9.17) is 9.47 Å². The van der Waals surface area contributed by atoms with Crippen LogP contribution in [0.3, 0.4) is 0 Å². The average Bonchev–Trinajstić information content (AvgIpc) is 3.67. The SMILES string of the molecule is C=C[C@@H]1C[C@@]12NC(=O)[C@@H]1C[C@@H](OC(=O)N3CCC(c4ccccn4)C3)CN1C(=O)[C@@H](NC(=O)OC1CCCC1)CCCCCCCNc1ccc(F)cc1S(=O)(=O)NC2=O. The molecule has 324 valence electrons. The van der Waals surface area contributed by atoms with Crippen molar-refractivity contribution in [2.24, 2.45) is 5.92 Å². The van der Waals surface area contributed by atoms with Gasteiger partial charge in [0, 0.05) is 49.8 Å². The number of ether oxygens (including phenoxy) is 2. The first-order chi connectivity index (χ1) is 28.9. The predicted molar refractivity (Wildman–Crippen MR) is 216 cm³/mol. The van der Waals surface area contributed by atoms with Crippen molar-refractivity contribution >= 4 is 45.6 Å². The van der Waals surface area contributed by atoms with Crippen LogP contribution in [-0.2, 0) is 33.9 Å². The van der Waals surface area contributed by atoms with Gasteiger partial charge in [0.25, 0.3) is 15.9 Å². The van der Waals surface area contributed by atoms with Gasteiger partial charge in [0.2, 0.25) is 11.8 Å². The number of carbonyl (C=O) groups is 5. The maximum absolute atomic E-state index is 14.6. The lowest BCUT2D eigenvalue weighted by atomic mass is 10.0. The van der Waals surface area contributed by atoms with E-state index in [1.165, 1.54) is 17.0 Å². The molecule has 4 N–H and O–H groups in total. The number of hydrogen-bond acceptors (Lipinski definition) is 11. The van der Waals surface area contributed by atoms with E-state index in [1.54, 1.807) is 11.1 Å². The normalized spacial score (nSPS) is 29.0. The van der Waals surface area contributed by atoms with E-state index in [-0.39, 0.29) is 43.5 Å². The zero-order valence-electron chi connectivity index (χ0n) is 33.6. The standard InChI is InChI=1S/C42H54FN7O9S/c1-2-28-24-42(28)39(53)48-60(56,57)36-22-29(43)16-17-33(36)45-19-10-5-3-4-6-15-34(46-40(54)58-30-12-7-8-13-30)38(52)50-26-31(23-35(50)37(51)47-42)59-41(55)49-21-18-27(25-49)32-14-9-11-20-44-32/h2,9,11,14,16-17,20,22,27-28,30-31,34-35,45H,1,3-8,10,12-13,15,18-19,21,23-26H2,(H,46,54)(H,47,51)(H,48,53)/t27?,28-,31-,34+,35+,42-/m1/s1. The van der Waals surface area contributed by atoms with Gasteiger partial charge in [0.05, 0.1) is 12.2 Å². The summed E-state index contributed by atoms with van der Waals surface area (Å²) in [7, 11) is -4.66. The van der Waals surface area contributed by atoms with Crippen LogP contribution in [0.1, 0.15) is 95.1 Å². The van der Waals surface area contributed by atoms with E-state index in [9.17, 15) is 36.8 Å². The molecule has 4 fully saturated rings. The highest BCUT2D eigenvalue weighted by molar-refractivity contribution is 7.90. The number of nitrogens with one attached hydrogen (secondary N) is 4. The Morgan fingerprint density at radius 3 is 2.47 bits per heavy atom. The summed E-state index contributed by atoms with van der Waals surface area (Å²) in [4.78, 5) is 76.6. The first kappa shape index (κ1) is 42.8. The van der Waals surface area contributed by atoms with Crippen LogP contribution in [0, 0.1) is 11.7 Å². The van der Waals surface area contributed by atoms with Crippen molar-refractivity contribution in [2.45, 2.75) is 124 Å². The quantitative estimate of drug-likeness (QED) is 0.309. The minimum atomic E-state index is -4.66. The molecule has 5 amide bonds. The fraction of sp³-hybridized carbons (Fsp3) is 0.571. The molecule has 7 rings (SSSR count). The number of anilines is 1. The fourth-order valence-electron chi connectivity index (χ4n) is 8.87. The monoisotopic (exact) mass is 851 g/mol. The van der Waals surface area contributed by atoms with Gasteiger partial charge < -0.3 is 35.2 Å². The smallest absolute Gasteiger partial charge is 0.410 e. The molecular formula is C42H54FN7O9S.